The number of nitrogens with two attached hydrogens (primary N) is 1. The molecule has 1 heterocycles. The molecule has 0 bridgehead atoms. The number of nitrogens with zero attached hydrogens (tertiary/aromatic N) is 1. The fourth-order valence-corrected chi connectivity index (χ4v) is 1.31. The maximum absolute atomic E-state index is 13.0. The highest BCUT2D eigenvalue weighted by atomic mass is 19.1. The second-order valence-electron chi connectivity index (χ2n) is 2.95. The Kier molecular flexibility index (Phi) is 2.29. The second-order valence-corrected chi connectivity index (χ2v) is 2.95. The topological polar surface area (TPSA) is 61.3 Å². The third-order valence-electron chi connectivity index (χ3n) is 2.00. The molecule has 1 aromatic carbocycles. The molecule has 0 aliphatic rings. The number of aromatic nitrogens is 1. The molecule has 2 rings (SSSR count). The molecule has 2 N–H and O–H groups in total. The monoisotopic (exact) mass is 208 g/mol. The van der Waals surface area contributed by atoms with Gasteiger partial charge >= 0.3 is 0 Å². The van der Waals surface area contributed by atoms with Gasteiger partial charge < -0.3 is 15.0 Å². The average molecular weight is 208 g/mol. The maximum atomic E-state index is 13.0. The summed E-state index contributed by atoms with van der Waals surface area (Å²) in [6.45, 7) is 0. The van der Waals surface area contributed by atoms with Gasteiger partial charge in [0.1, 0.15) is 17.3 Å². The van der Waals surface area contributed by atoms with Crippen molar-refractivity contribution in [3.05, 3.63) is 30.2 Å². The van der Waals surface area contributed by atoms with Gasteiger partial charge in [-0.1, -0.05) is 5.16 Å². The second kappa shape index (κ2) is 3.61. The van der Waals surface area contributed by atoms with Crippen molar-refractivity contribution in [1.29, 1.82) is 0 Å². The predicted octanol–water partition coefficient (Wildman–Crippen LogP) is 2.07. The summed E-state index contributed by atoms with van der Waals surface area (Å²) >= 11 is 0. The Morgan fingerprint density at radius 3 is 2.87 bits per heavy atom. The number of rotatable bonds is 2. The predicted molar refractivity (Wildman–Crippen MR) is 52.9 cm³/mol. The van der Waals surface area contributed by atoms with E-state index in [9.17, 15) is 4.39 Å². The van der Waals surface area contributed by atoms with Crippen LogP contribution in [0.2, 0.25) is 0 Å². The highest BCUT2D eigenvalue weighted by Crippen LogP contribution is 2.33. The minimum absolute atomic E-state index is 0.311. The van der Waals surface area contributed by atoms with Crippen molar-refractivity contribution in [1.82, 2.24) is 5.16 Å². The molecule has 4 nitrogen and oxygen atoms in total. The zero-order chi connectivity index (χ0) is 10.8. The molecular formula is C10H9FN2O2. The molecule has 0 saturated carbocycles. The van der Waals surface area contributed by atoms with Gasteiger partial charge in [0.15, 0.2) is 5.76 Å². The summed E-state index contributed by atoms with van der Waals surface area (Å²) in [5.41, 5.74) is 6.41. The van der Waals surface area contributed by atoms with Crippen molar-refractivity contribution in [2.45, 2.75) is 0 Å². The van der Waals surface area contributed by atoms with Crippen LogP contribution in [-0.4, -0.2) is 12.3 Å². The molecular weight excluding hydrogens is 199 g/mol. The first-order chi connectivity index (χ1) is 7.22. The number of nitrogen functional groups attached to an aromatic ring is 1. The zero-order valence-electron chi connectivity index (χ0n) is 8.03. The third-order valence-corrected chi connectivity index (χ3v) is 2.00. The summed E-state index contributed by atoms with van der Waals surface area (Å²) in [4.78, 5) is 0. The van der Waals surface area contributed by atoms with Crippen LogP contribution in [0.3, 0.4) is 0 Å². The fraction of sp³-hybridized carbons (Fsp3) is 0.100. The van der Waals surface area contributed by atoms with Gasteiger partial charge in [0, 0.05) is 0 Å². The molecule has 0 radical (unpaired) electrons. The van der Waals surface area contributed by atoms with Crippen molar-refractivity contribution < 1.29 is 13.7 Å². The van der Waals surface area contributed by atoms with Crippen molar-refractivity contribution in [3.8, 4) is 17.1 Å². The standard InChI is InChI=1S/C10H9FN2O2/c1-14-9-3-2-6(11)4-7(9)10-8(12)5-13-15-10/h2-5H,12H2,1H3. The molecule has 0 atom stereocenters. The molecule has 0 unspecified atom stereocenters. The minimum Gasteiger partial charge on any atom is -0.496 e. The van der Waals surface area contributed by atoms with Crippen LogP contribution in [0.5, 0.6) is 5.75 Å². The summed E-state index contributed by atoms with van der Waals surface area (Å²) in [6, 6.07) is 4.09. The van der Waals surface area contributed by atoms with E-state index in [4.69, 9.17) is 15.0 Å². The lowest BCUT2D eigenvalue weighted by molar-refractivity contribution is 0.405. The number of methoxy groups -OCH3 is 1. The van der Waals surface area contributed by atoms with Crippen LogP contribution < -0.4 is 10.5 Å². The Morgan fingerprint density at radius 1 is 1.47 bits per heavy atom. The first-order valence-electron chi connectivity index (χ1n) is 4.26. The van der Waals surface area contributed by atoms with Crippen LogP contribution in [0.4, 0.5) is 10.1 Å². The summed E-state index contributed by atoms with van der Waals surface area (Å²) in [5.74, 6) is 0.410. The number of ether oxygens (including phenoxy) is 1. The van der Waals surface area contributed by atoms with E-state index in [1.54, 1.807) is 0 Å². The maximum Gasteiger partial charge on any atom is 0.193 e. The molecule has 0 amide bonds. The van der Waals surface area contributed by atoms with Crippen molar-refractivity contribution in [2.75, 3.05) is 12.8 Å². The average Bonchev–Trinajstić information content (AvgIpc) is 2.64. The van der Waals surface area contributed by atoms with E-state index in [-0.39, 0.29) is 5.82 Å². The Hall–Kier alpha value is -2.04. The Morgan fingerprint density at radius 2 is 2.27 bits per heavy atom. The van der Waals surface area contributed by atoms with Gasteiger partial charge in [0.05, 0.1) is 18.9 Å². The number of hydrogen-bond acceptors (Lipinski definition) is 4. The van der Waals surface area contributed by atoms with Gasteiger partial charge in [-0.05, 0) is 18.2 Å². The summed E-state index contributed by atoms with van der Waals surface area (Å²) in [7, 11) is 1.49. The van der Waals surface area contributed by atoms with E-state index >= 15 is 0 Å². The van der Waals surface area contributed by atoms with Gasteiger partial charge in [-0.15, -0.1) is 0 Å². The van der Waals surface area contributed by atoms with Crippen LogP contribution in [0.1, 0.15) is 0 Å². The third kappa shape index (κ3) is 1.63. The number of halogens is 1. The summed E-state index contributed by atoms with van der Waals surface area (Å²) in [6.07, 6.45) is 1.36. The normalized spacial score (nSPS) is 10.3. The Balaban J connectivity index is 2.60. The van der Waals surface area contributed by atoms with E-state index in [1.165, 1.54) is 31.5 Å². The molecule has 15 heavy (non-hydrogen) atoms. The van der Waals surface area contributed by atoms with Crippen LogP contribution in [0.25, 0.3) is 11.3 Å². The summed E-state index contributed by atoms with van der Waals surface area (Å²) in [5, 5.41) is 3.53. The molecule has 0 aliphatic heterocycles. The molecule has 78 valence electrons. The Labute approximate surface area is 85.4 Å². The van der Waals surface area contributed by atoms with Crippen LogP contribution >= 0.6 is 0 Å². The first-order valence-corrected chi connectivity index (χ1v) is 4.26. The molecule has 5 heteroatoms. The first kappa shape index (κ1) is 9.51. The SMILES string of the molecule is COc1ccc(F)cc1-c1oncc1N. The number of anilines is 1. The zero-order valence-corrected chi connectivity index (χ0v) is 8.03. The highest BCUT2D eigenvalue weighted by Gasteiger charge is 2.14. The minimum atomic E-state index is -0.387. The highest BCUT2D eigenvalue weighted by molar-refractivity contribution is 5.75. The molecule has 0 saturated heterocycles. The number of benzene rings is 1. The lowest BCUT2D eigenvalue weighted by Crippen LogP contribution is -1.91. The van der Waals surface area contributed by atoms with Crippen molar-refractivity contribution in [2.24, 2.45) is 0 Å². The number of hydrogen-bond donors (Lipinski definition) is 1. The van der Waals surface area contributed by atoms with Gasteiger partial charge in [-0.3, -0.25) is 0 Å². The fourth-order valence-electron chi connectivity index (χ4n) is 1.31. The van der Waals surface area contributed by atoms with E-state index in [0.29, 0.717) is 22.8 Å². The summed E-state index contributed by atoms with van der Waals surface area (Å²) < 4.78 is 23.0. The molecule has 1 aromatic heterocycles. The van der Waals surface area contributed by atoms with Crippen LogP contribution in [0, 0.1) is 5.82 Å². The van der Waals surface area contributed by atoms with Crippen LogP contribution in [-0.2, 0) is 0 Å². The lowest BCUT2D eigenvalue weighted by atomic mass is 10.1. The smallest absolute Gasteiger partial charge is 0.193 e. The largest absolute Gasteiger partial charge is 0.496 e. The van der Waals surface area contributed by atoms with Crippen molar-refractivity contribution >= 4 is 5.69 Å². The van der Waals surface area contributed by atoms with E-state index in [0.717, 1.165) is 0 Å². The van der Waals surface area contributed by atoms with E-state index in [1.807, 2.05) is 0 Å². The van der Waals surface area contributed by atoms with Gasteiger partial charge in [-0.25, -0.2) is 4.39 Å². The molecule has 0 fully saturated rings. The van der Waals surface area contributed by atoms with Gasteiger partial charge in [0.2, 0.25) is 0 Å². The molecule has 0 aliphatic carbocycles. The van der Waals surface area contributed by atoms with Crippen LogP contribution in [0.15, 0.2) is 28.9 Å². The molecule has 0 spiro atoms. The van der Waals surface area contributed by atoms with Gasteiger partial charge in [-0.2, -0.15) is 0 Å². The van der Waals surface area contributed by atoms with E-state index in [2.05, 4.69) is 5.16 Å². The van der Waals surface area contributed by atoms with Crippen molar-refractivity contribution in [3.63, 3.8) is 0 Å². The lowest BCUT2D eigenvalue weighted by Gasteiger charge is -2.05. The molecule has 2 aromatic rings. The van der Waals surface area contributed by atoms with E-state index < -0.39 is 0 Å². The van der Waals surface area contributed by atoms with Gasteiger partial charge in [0.25, 0.3) is 0 Å². The quantitative estimate of drug-likeness (QED) is 0.820. The Bertz CT molecular complexity index is 482.